The predicted molar refractivity (Wildman–Crippen MR) is 73.0 cm³/mol. The average Bonchev–Trinajstić information content (AvgIpc) is 2.67. The van der Waals surface area contributed by atoms with Crippen molar-refractivity contribution in [1.29, 1.82) is 0 Å². The van der Waals surface area contributed by atoms with E-state index in [0.29, 0.717) is 17.8 Å². The minimum atomic E-state index is 0.298. The van der Waals surface area contributed by atoms with Crippen LogP contribution >= 0.6 is 0 Å². The molecule has 0 unspecified atom stereocenters. The van der Waals surface area contributed by atoms with Gasteiger partial charge in [0, 0.05) is 17.2 Å². The predicted octanol–water partition coefficient (Wildman–Crippen LogP) is 3.49. The number of nitrogens with zero attached hydrogens (tertiary/aromatic N) is 4. The number of aromatic nitrogens is 4. The molecular formula is C14H22N4. The molecule has 0 amide bonds. The summed E-state index contributed by atoms with van der Waals surface area (Å²) in [6.45, 7) is 12.9. The molecule has 2 aromatic heterocycles. The van der Waals surface area contributed by atoms with Gasteiger partial charge in [-0.15, -0.1) is 15.3 Å². The Kier molecular flexibility index (Phi) is 3.37. The van der Waals surface area contributed by atoms with E-state index in [0.717, 1.165) is 11.5 Å². The number of fused-ring (bicyclic) bond motifs is 1. The first-order valence-electron chi connectivity index (χ1n) is 6.68. The smallest absolute Gasteiger partial charge is 0.179 e. The van der Waals surface area contributed by atoms with Gasteiger partial charge in [-0.1, -0.05) is 41.5 Å². The normalized spacial score (nSPS) is 12.3. The fraction of sp³-hybridized carbons (Fsp3) is 0.643. The van der Waals surface area contributed by atoms with Crippen LogP contribution in [-0.4, -0.2) is 19.8 Å². The molecule has 0 bridgehead atoms. The van der Waals surface area contributed by atoms with E-state index in [1.807, 2.05) is 4.52 Å². The molecule has 4 nitrogen and oxygen atoms in total. The summed E-state index contributed by atoms with van der Waals surface area (Å²) >= 11 is 0. The van der Waals surface area contributed by atoms with Gasteiger partial charge in [-0.05, 0) is 17.9 Å². The van der Waals surface area contributed by atoms with Crippen molar-refractivity contribution in [2.75, 3.05) is 0 Å². The molecule has 0 atom stereocenters. The lowest BCUT2D eigenvalue weighted by molar-refractivity contribution is 0.653. The highest BCUT2D eigenvalue weighted by Crippen LogP contribution is 2.26. The van der Waals surface area contributed by atoms with Crippen molar-refractivity contribution in [3.05, 3.63) is 23.1 Å². The first kappa shape index (κ1) is 13.0. The Morgan fingerprint density at radius 3 is 2.06 bits per heavy atom. The fourth-order valence-electron chi connectivity index (χ4n) is 2.02. The largest absolute Gasteiger partial charge is 0.215 e. The summed E-state index contributed by atoms with van der Waals surface area (Å²) in [5, 5.41) is 13.3. The molecule has 2 heterocycles. The minimum Gasteiger partial charge on any atom is -0.215 e. The molecule has 0 aliphatic carbocycles. The van der Waals surface area contributed by atoms with Gasteiger partial charge in [-0.25, -0.2) is 4.52 Å². The van der Waals surface area contributed by atoms with E-state index >= 15 is 0 Å². The summed E-state index contributed by atoms with van der Waals surface area (Å²) in [7, 11) is 0. The molecule has 0 aliphatic rings. The lowest BCUT2D eigenvalue weighted by atomic mass is 10.0. The molecule has 0 fully saturated rings. The zero-order valence-corrected chi connectivity index (χ0v) is 12.1. The highest BCUT2D eigenvalue weighted by molar-refractivity contribution is 5.51. The summed E-state index contributed by atoms with van der Waals surface area (Å²) in [6, 6.07) is 2.22. The first-order valence-corrected chi connectivity index (χ1v) is 6.68. The molecule has 2 rings (SSSR count). The van der Waals surface area contributed by atoms with E-state index in [1.54, 1.807) is 0 Å². The Morgan fingerprint density at radius 1 is 0.889 bits per heavy atom. The second kappa shape index (κ2) is 4.67. The Balaban J connectivity index is 2.71. The van der Waals surface area contributed by atoms with E-state index in [2.05, 4.69) is 62.9 Å². The van der Waals surface area contributed by atoms with Crippen LogP contribution in [0.1, 0.15) is 76.4 Å². The average molecular weight is 246 g/mol. The Bertz CT molecular complexity index is 552. The standard InChI is InChI=1S/C14H22N4/c1-8(2)11-7-12(9(3)4)18-14(11)16-15-13(17-18)10(5)6/h7-10H,1-6H3. The van der Waals surface area contributed by atoms with Gasteiger partial charge in [0.05, 0.1) is 0 Å². The minimum absolute atomic E-state index is 0.298. The molecule has 0 saturated heterocycles. The van der Waals surface area contributed by atoms with Crippen molar-refractivity contribution in [3.8, 4) is 0 Å². The lowest BCUT2D eigenvalue weighted by Crippen LogP contribution is -2.09. The molecule has 0 aliphatic heterocycles. The number of hydrogen-bond donors (Lipinski definition) is 0. The van der Waals surface area contributed by atoms with Crippen LogP contribution in [0.2, 0.25) is 0 Å². The fourth-order valence-corrected chi connectivity index (χ4v) is 2.02. The van der Waals surface area contributed by atoms with Crippen LogP contribution in [0.25, 0.3) is 5.65 Å². The first-order chi connectivity index (χ1) is 8.41. The molecule has 98 valence electrons. The summed E-state index contributed by atoms with van der Waals surface area (Å²) < 4.78 is 1.97. The van der Waals surface area contributed by atoms with E-state index < -0.39 is 0 Å². The van der Waals surface area contributed by atoms with Crippen molar-refractivity contribution in [2.24, 2.45) is 0 Å². The highest BCUT2D eigenvalue weighted by Gasteiger charge is 2.17. The second-order valence-electron chi connectivity index (χ2n) is 5.78. The molecule has 0 saturated carbocycles. The van der Waals surface area contributed by atoms with Crippen LogP contribution in [0.15, 0.2) is 6.07 Å². The van der Waals surface area contributed by atoms with Gasteiger partial charge in [0.15, 0.2) is 11.5 Å². The monoisotopic (exact) mass is 246 g/mol. The third-order valence-electron chi connectivity index (χ3n) is 3.19. The van der Waals surface area contributed by atoms with Gasteiger partial charge in [-0.2, -0.15) is 0 Å². The van der Waals surface area contributed by atoms with Crippen LogP contribution in [0.3, 0.4) is 0 Å². The summed E-state index contributed by atoms with van der Waals surface area (Å²) in [6.07, 6.45) is 0. The van der Waals surface area contributed by atoms with Gasteiger partial charge in [0.2, 0.25) is 0 Å². The summed E-state index contributed by atoms with van der Waals surface area (Å²) in [4.78, 5) is 0. The Morgan fingerprint density at radius 2 is 1.56 bits per heavy atom. The summed E-state index contributed by atoms with van der Waals surface area (Å²) in [5.74, 6) is 1.97. The van der Waals surface area contributed by atoms with Crippen LogP contribution in [0.4, 0.5) is 0 Å². The molecule has 0 radical (unpaired) electrons. The van der Waals surface area contributed by atoms with E-state index in [4.69, 9.17) is 0 Å². The SMILES string of the molecule is CC(C)c1nnc2c(C(C)C)cc(C(C)C)n2n1. The van der Waals surface area contributed by atoms with Gasteiger partial charge >= 0.3 is 0 Å². The van der Waals surface area contributed by atoms with E-state index in [-0.39, 0.29) is 0 Å². The van der Waals surface area contributed by atoms with E-state index in [1.165, 1.54) is 11.3 Å². The zero-order valence-electron chi connectivity index (χ0n) is 12.1. The van der Waals surface area contributed by atoms with Crippen molar-refractivity contribution >= 4 is 5.65 Å². The van der Waals surface area contributed by atoms with Crippen LogP contribution < -0.4 is 0 Å². The Hall–Kier alpha value is -1.45. The molecular weight excluding hydrogens is 224 g/mol. The highest BCUT2D eigenvalue weighted by atomic mass is 15.3. The Labute approximate surface area is 108 Å². The van der Waals surface area contributed by atoms with Crippen LogP contribution in [-0.2, 0) is 0 Å². The molecule has 0 spiro atoms. The van der Waals surface area contributed by atoms with Crippen molar-refractivity contribution in [3.63, 3.8) is 0 Å². The summed E-state index contributed by atoms with van der Waals surface area (Å²) in [5.41, 5.74) is 3.35. The van der Waals surface area contributed by atoms with Crippen molar-refractivity contribution in [2.45, 2.75) is 59.3 Å². The van der Waals surface area contributed by atoms with Crippen molar-refractivity contribution < 1.29 is 0 Å². The quantitative estimate of drug-likeness (QED) is 0.832. The molecule has 0 aromatic carbocycles. The van der Waals surface area contributed by atoms with Crippen LogP contribution in [0.5, 0.6) is 0 Å². The lowest BCUT2D eigenvalue weighted by Gasteiger charge is -2.07. The second-order valence-corrected chi connectivity index (χ2v) is 5.78. The van der Waals surface area contributed by atoms with Crippen LogP contribution in [0, 0.1) is 0 Å². The van der Waals surface area contributed by atoms with Gasteiger partial charge < -0.3 is 0 Å². The third-order valence-corrected chi connectivity index (χ3v) is 3.19. The maximum absolute atomic E-state index is 4.64. The van der Waals surface area contributed by atoms with E-state index in [9.17, 15) is 0 Å². The molecule has 18 heavy (non-hydrogen) atoms. The third kappa shape index (κ3) is 2.11. The maximum Gasteiger partial charge on any atom is 0.179 e. The van der Waals surface area contributed by atoms with Crippen molar-refractivity contribution in [1.82, 2.24) is 19.8 Å². The number of hydrogen-bond acceptors (Lipinski definition) is 3. The molecule has 2 aromatic rings. The maximum atomic E-state index is 4.64. The molecule has 0 N–H and O–H groups in total. The van der Waals surface area contributed by atoms with Gasteiger partial charge in [0.1, 0.15) is 0 Å². The van der Waals surface area contributed by atoms with Gasteiger partial charge in [-0.3, -0.25) is 0 Å². The molecule has 4 heteroatoms. The topological polar surface area (TPSA) is 43.1 Å². The number of rotatable bonds is 3. The zero-order chi connectivity index (χ0) is 13.4. The van der Waals surface area contributed by atoms with Gasteiger partial charge in [0.25, 0.3) is 0 Å².